The molecule has 2 aliphatic heterocycles. The van der Waals surface area contributed by atoms with Crippen molar-refractivity contribution < 1.29 is 32.3 Å². The van der Waals surface area contributed by atoms with Gasteiger partial charge in [-0.05, 0) is 64.3 Å². The third kappa shape index (κ3) is 7.05. The van der Waals surface area contributed by atoms with Crippen molar-refractivity contribution in [3.63, 3.8) is 0 Å². The van der Waals surface area contributed by atoms with E-state index in [1.807, 2.05) is 61.5 Å². The summed E-state index contributed by atoms with van der Waals surface area (Å²) in [5.74, 6) is -0.740. The first-order chi connectivity index (χ1) is 24.5. The Labute approximate surface area is 298 Å². The summed E-state index contributed by atoms with van der Waals surface area (Å²) >= 11 is 0. The zero-order valence-electron chi connectivity index (χ0n) is 29.0. The average Bonchev–Trinajstić information content (AvgIpc) is 4.08. The van der Waals surface area contributed by atoms with Gasteiger partial charge in [-0.1, -0.05) is 42.8 Å². The number of benzene rings is 2. The number of aromatic nitrogens is 1. The number of piperidine rings is 1. The van der Waals surface area contributed by atoms with Crippen LogP contribution in [0.1, 0.15) is 51.9 Å². The van der Waals surface area contributed by atoms with Crippen LogP contribution in [0.4, 0.5) is 0 Å². The highest BCUT2D eigenvalue weighted by atomic mass is 32.2. The Balaban J connectivity index is 1.18. The lowest BCUT2D eigenvalue weighted by Crippen LogP contribution is -2.58. The van der Waals surface area contributed by atoms with Gasteiger partial charge in [-0.15, -0.1) is 6.58 Å². The van der Waals surface area contributed by atoms with Gasteiger partial charge in [0.1, 0.15) is 29.2 Å². The van der Waals surface area contributed by atoms with E-state index >= 15 is 0 Å². The van der Waals surface area contributed by atoms with Crippen LogP contribution in [0.25, 0.3) is 22.2 Å². The van der Waals surface area contributed by atoms with E-state index in [1.165, 1.54) is 0 Å². The zero-order chi connectivity index (χ0) is 35.9. The van der Waals surface area contributed by atoms with Gasteiger partial charge in [0.2, 0.25) is 21.8 Å². The topological polar surface area (TPSA) is 147 Å². The summed E-state index contributed by atoms with van der Waals surface area (Å²) in [5.41, 5.74) is 0.806. The fourth-order valence-corrected chi connectivity index (χ4v) is 8.80. The van der Waals surface area contributed by atoms with Crippen LogP contribution in [0.2, 0.25) is 0 Å². The van der Waals surface area contributed by atoms with E-state index in [2.05, 4.69) is 21.5 Å². The van der Waals surface area contributed by atoms with Crippen LogP contribution < -0.4 is 19.5 Å². The van der Waals surface area contributed by atoms with Gasteiger partial charge in [-0.2, -0.15) is 0 Å². The van der Waals surface area contributed by atoms with Crippen LogP contribution in [0.15, 0.2) is 67.3 Å². The van der Waals surface area contributed by atoms with Gasteiger partial charge >= 0.3 is 0 Å². The maximum absolute atomic E-state index is 14.3. The smallest absolute Gasteiger partial charge is 0.259 e. The molecule has 3 aromatic rings. The van der Waals surface area contributed by atoms with Crippen LogP contribution >= 0.6 is 0 Å². The lowest BCUT2D eigenvalue weighted by Gasteiger charge is -2.35. The molecule has 4 aliphatic rings. The number of carbonyl (C=O) groups excluding carboxylic acids is 3. The van der Waals surface area contributed by atoms with Crippen LogP contribution in [0.3, 0.4) is 0 Å². The summed E-state index contributed by atoms with van der Waals surface area (Å²) in [4.78, 5) is 50.6. The zero-order valence-corrected chi connectivity index (χ0v) is 29.9. The molecule has 2 aromatic carbocycles. The second-order valence-electron chi connectivity index (χ2n) is 14.2. The van der Waals surface area contributed by atoms with Crippen LogP contribution in [-0.2, 0) is 24.4 Å². The minimum Gasteiger partial charge on any atom is -0.497 e. The van der Waals surface area contributed by atoms with Crippen molar-refractivity contribution in [3.05, 3.63) is 67.3 Å². The quantitative estimate of drug-likeness (QED) is 0.268. The average molecular weight is 716 g/mol. The molecule has 3 heterocycles. The maximum atomic E-state index is 14.3. The van der Waals surface area contributed by atoms with Crippen molar-refractivity contribution in [2.45, 2.75) is 80.8 Å². The Morgan fingerprint density at radius 3 is 2.47 bits per heavy atom. The molecule has 2 saturated heterocycles. The molecule has 0 bridgehead atoms. The van der Waals surface area contributed by atoms with Crippen LogP contribution in [0, 0.1) is 5.92 Å². The Morgan fingerprint density at radius 2 is 1.80 bits per heavy atom. The number of sulfonamides is 1. The van der Waals surface area contributed by atoms with E-state index in [9.17, 15) is 22.8 Å². The fourth-order valence-electron chi connectivity index (χ4n) is 7.43. The normalized spacial score (nSPS) is 25.5. The number of amides is 3. The second-order valence-corrected chi connectivity index (χ2v) is 16.2. The fraction of sp³-hybridized carbons (Fsp3) is 0.474. The van der Waals surface area contributed by atoms with E-state index in [0.29, 0.717) is 35.6 Å². The highest BCUT2D eigenvalue weighted by Gasteiger charge is 2.62. The van der Waals surface area contributed by atoms with Crippen LogP contribution in [0.5, 0.6) is 11.5 Å². The van der Waals surface area contributed by atoms with Crippen molar-refractivity contribution in [1.82, 2.24) is 24.8 Å². The predicted molar refractivity (Wildman–Crippen MR) is 192 cm³/mol. The third-order valence-corrected chi connectivity index (χ3v) is 12.6. The molecule has 4 fully saturated rings. The Kier molecular flexibility index (Phi) is 9.53. The first-order valence-electron chi connectivity index (χ1n) is 17.8. The van der Waals surface area contributed by atoms with Crippen molar-refractivity contribution in [2.24, 2.45) is 5.92 Å². The summed E-state index contributed by atoms with van der Waals surface area (Å²) in [5, 5.41) is 3.03. The summed E-state index contributed by atoms with van der Waals surface area (Å²) in [6.45, 7) is 7.43. The molecule has 0 spiro atoms. The van der Waals surface area contributed by atoms with Crippen molar-refractivity contribution in [2.75, 3.05) is 26.7 Å². The third-order valence-electron chi connectivity index (χ3n) is 10.7. The van der Waals surface area contributed by atoms with Crippen LogP contribution in [-0.4, -0.2) is 96.6 Å². The minimum atomic E-state index is -3.84. The van der Waals surface area contributed by atoms with Gasteiger partial charge in [0.25, 0.3) is 5.91 Å². The highest BCUT2D eigenvalue weighted by molar-refractivity contribution is 7.91. The Bertz CT molecular complexity index is 1950. The molecule has 2 N–H and O–H groups in total. The highest BCUT2D eigenvalue weighted by Crippen LogP contribution is 2.45. The molecule has 2 aliphatic carbocycles. The van der Waals surface area contributed by atoms with Gasteiger partial charge in [0.15, 0.2) is 0 Å². The largest absolute Gasteiger partial charge is 0.497 e. The van der Waals surface area contributed by atoms with Gasteiger partial charge in [-0.25, -0.2) is 13.4 Å². The molecule has 3 amide bonds. The molecule has 2 unspecified atom stereocenters. The molecule has 5 atom stereocenters. The SMILES string of the molecule is C=CC1CC1(NC(=O)[C@@H]1C[C@@H](Oc2cc(-c3ccccc3)nc3cc(OC)ccc23)CN1C(=O)[C@H](C)N1CCCCC1)C(=O)NS(=O)(=O)C1CC1. The molecule has 1 aromatic heterocycles. The number of methoxy groups -OCH3 is 1. The van der Waals surface area contributed by atoms with Gasteiger partial charge in [0, 0.05) is 35.4 Å². The molecule has 270 valence electrons. The predicted octanol–water partition coefficient (Wildman–Crippen LogP) is 3.80. The molecule has 51 heavy (non-hydrogen) atoms. The molecular formula is C38H45N5O7S. The number of nitrogens with one attached hydrogen (secondary N) is 2. The van der Waals surface area contributed by atoms with E-state index in [1.54, 1.807) is 18.1 Å². The number of fused-ring (bicyclic) bond motifs is 1. The van der Waals surface area contributed by atoms with E-state index in [4.69, 9.17) is 14.5 Å². The van der Waals surface area contributed by atoms with Gasteiger partial charge in [0.05, 0.1) is 36.2 Å². The number of pyridine rings is 1. The summed E-state index contributed by atoms with van der Waals surface area (Å²) in [6, 6.07) is 15.8. The van der Waals surface area contributed by atoms with Crippen molar-refractivity contribution in [1.29, 1.82) is 0 Å². The first-order valence-corrected chi connectivity index (χ1v) is 19.3. The number of nitrogens with zero attached hydrogens (tertiary/aromatic N) is 3. The van der Waals surface area contributed by atoms with E-state index in [0.717, 1.165) is 43.3 Å². The first kappa shape index (κ1) is 34.9. The number of likely N-dealkylation sites (tertiary alicyclic amines) is 2. The molecule has 0 radical (unpaired) electrons. The van der Waals surface area contributed by atoms with Crippen molar-refractivity contribution >= 4 is 38.6 Å². The molecule has 13 heteroatoms. The molecule has 2 saturated carbocycles. The molecular weight excluding hydrogens is 671 g/mol. The lowest BCUT2D eigenvalue weighted by atomic mass is 10.1. The molecule has 12 nitrogen and oxygen atoms in total. The number of ether oxygens (including phenoxy) is 2. The lowest BCUT2D eigenvalue weighted by molar-refractivity contribution is -0.143. The summed E-state index contributed by atoms with van der Waals surface area (Å²) in [7, 11) is -2.25. The van der Waals surface area contributed by atoms with E-state index in [-0.39, 0.29) is 25.3 Å². The summed E-state index contributed by atoms with van der Waals surface area (Å²) < 4.78 is 39.8. The minimum absolute atomic E-state index is 0.149. The Hall–Kier alpha value is -4.49. The molecule has 7 rings (SSSR count). The van der Waals surface area contributed by atoms with E-state index < -0.39 is 56.7 Å². The number of carbonyl (C=O) groups is 3. The number of rotatable bonds is 12. The Morgan fingerprint density at radius 1 is 1.06 bits per heavy atom. The van der Waals surface area contributed by atoms with Crippen molar-refractivity contribution in [3.8, 4) is 22.8 Å². The van der Waals surface area contributed by atoms with Gasteiger partial charge < -0.3 is 19.7 Å². The van der Waals surface area contributed by atoms with Gasteiger partial charge in [-0.3, -0.25) is 24.0 Å². The monoisotopic (exact) mass is 715 g/mol. The summed E-state index contributed by atoms with van der Waals surface area (Å²) in [6.07, 6.45) is 5.48. The maximum Gasteiger partial charge on any atom is 0.259 e. The number of hydrogen-bond donors (Lipinski definition) is 2. The number of hydrogen-bond acceptors (Lipinski definition) is 9. The second kappa shape index (κ2) is 13.9. The standard InChI is InChI=1S/C38H45N5O7S/c1-4-26-22-38(26,37(46)41-51(47,48)29-14-15-29)40-35(44)33-20-28(23-43(33)36(45)24(2)42-17-9-6-10-18-42)50-34-21-31(25-11-7-5-8-12-25)39-32-19-27(49-3)13-16-30(32)34/h4-5,7-8,11-13,16,19,21,24,26,28-29,33H,1,6,9-10,14-15,17-18,20,22-23H2,2-3H3,(H,40,44)(H,41,46)/t24-,26?,28+,33-,38?/m0/s1.